The van der Waals surface area contributed by atoms with Gasteiger partial charge in [-0.1, -0.05) is 35.9 Å². The zero-order chi connectivity index (χ0) is 20.9. The summed E-state index contributed by atoms with van der Waals surface area (Å²) in [6.07, 6.45) is 4.95. The number of aromatic nitrogens is 2. The molecule has 0 saturated carbocycles. The molecule has 154 valence electrons. The third-order valence-corrected chi connectivity index (χ3v) is 5.63. The Kier molecular flexibility index (Phi) is 6.14. The first kappa shape index (κ1) is 20.2. The minimum Gasteiger partial charge on any atom is -0.436 e. The van der Waals surface area contributed by atoms with Crippen molar-refractivity contribution < 1.29 is 9.53 Å². The molecular formula is C23H23ClN4O2. The number of hydrogen-bond acceptors (Lipinski definition) is 5. The highest BCUT2D eigenvalue weighted by Crippen LogP contribution is 2.31. The van der Waals surface area contributed by atoms with E-state index in [4.69, 9.17) is 16.3 Å². The lowest BCUT2D eigenvalue weighted by molar-refractivity contribution is -0.120. The first-order valence-corrected chi connectivity index (χ1v) is 10.3. The quantitative estimate of drug-likeness (QED) is 0.620. The fourth-order valence-electron chi connectivity index (χ4n) is 3.57. The Balaban J connectivity index is 1.49. The normalized spacial score (nSPS) is 16.2. The standard InChI is InChI=1S/C23H23ClN4O2/c1-16-19(24)10-5-11-20(16)27-22(29)17-7-6-14-28(15-17)21-23(26-13-12-25-21)30-18-8-3-2-4-9-18/h2-5,8-13,17H,6-7,14-15H2,1H3,(H,27,29). The second-order valence-electron chi connectivity index (χ2n) is 7.29. The number of para-hydroxylation sites is 1. The Morgan fingerprint density at radius 1 is 1.13 bits per heavy atom. The summed E-state index contributed by atoms with van der Waals surface area (Å²) >= 11 is 6.18. The summed E-state index contributed by atoms with van der Waals surface area (Å²) in [5, 5.41) is 3.67. The number of carbonyl (C=O) groups is 1. The SMILES string of the molecule is Cc1c(Cl)cccc1NC(=O)C1CCCN(c2nccnc2Oc2ccccc2)C1. The molecule has 1 aliphatic rings. The van der Waals surface area contributed by atoms with Gasteiger partial charge >= 0.3 is 0 Å². The topological polar surface area (TPSA) is 67.4 Å². The average molecular weight is 423 g/mol. The summed E-state index contributed by atoms with van der Waals surface area (Å²) in [5.41, 5.74) is 1.62. The number of piperidine rings is 1. The van der Waals surface area contributed by atoms with Crippen LogP contribution in [0, 0.1) is 12.8 Å². The summed E-state index contributed by atoms with van der Waals surface area (Å²) in [6.45, 7) is 3.25. The smallest absolute Gasteiger partial charge is 0.263 e. The largest absolute Gasteiger partial charge is 0.436 e. The summed E-state index contributed by atoms with van der Waals surface area (Å²) in [5.74, 6) is 1.61. The Hall–Kier alpha value is -3.12. The van der Waals surface area contributed by atoms with Crippen LogP contribution in [0.2, 0.25) is 5.02 Å². The molecule has 0 radical (unpaired) electrons. The van der Waals surface area contributed by atoms with E-state index >= 15 is 0 Å². The number of rotatable bonds is 5. The molecule has 4 rings (SSSR count). The summed E-state index contributed by atoms with van der Waals surface area (Å²) < 4.78 is 5.95. The first-order chi connectivity index (χ1) is 14.6. The second kappa shape index (κ2) is 9.13. The minimum absolute atomic E-state index is 0.0144. The van der Waals surface area contributed by atoms with E-state index < -0.39 is 0 Å². The van der Waals surface area contributed by atoms with Gasteiger partial charge in [0.15, 0.2) is 5.82 Å². The fraction of sp³-hybridized carbons (Fsp3) is 0.261. The van der Waals surface area contributed by atoms with Gasteiger partial charge in [-0.2, -0.15) is 0 Å². The highest BCUT2D eigenvalue weighted by molar-refractivity contribution is 6.31. The van der Waals surface area contributed by atoms with Crippen LogP contribution in [0.4, 0.5) is 11.5 Å². The van der Waals surface area contributed by atoms with Gasteiger partial charge in [-0.15, -0.1) is 0 Å². The van der Waals surface area contributed by atoms with Gasteiger partial charge in [0.25, 0.3) is 5.88 Å². The summed E-state index contributed by atoms with van der Waals surface area (Å²) in [7, 11) is 0. The van der Waals surface area contributed by atoms with Crippen LogP contribution in [0.1, 0.15) is 18.4 Å². The van der Waals surface area contributed by atoms with Gasteiger partial charge < -0.3 is 15.0 Å². The second-order valence-corrected chi connectivity index (χ2v) is 7.69. The maximum absolute atomic E-state index is 12.9. The van der Waals surface area contributed by atoms with Gasteiger partial charge in [0, 0.05) is 36.2 Å². The van der Waals surface area contributed by atoms with E-state index in [1.807, 2.05) is 55.5 Å². The predicted octanol–water partition coefficient (Wildman–Crippen LogP) is 5.09. The van der Waals surface area contributed by atoms with Crippen molar-refractivity contribution in [1.29, 1.82) is 0 Å². The van der Waals surface area contributed by atoms with Crippen molar-refractivity contribution in [2.75, 3.05) is 23.3 Å². The molecule has 1 saturated heterocycles. The third kappa shape index (κ3) is 4.54. The van der Waals surface area contributed by atoms with E-state index in [1.54, 1.807) is 12.4 Å². The number of benzene rings is 2. The first-order valence-electron chi connectivity index (χ1n) is 9.96. The fourth-order valence-corrected chi connectivity index (χ4v) is 3.74. The van der Waals surface area contributed by atoms with E-state index in [2.05, 4.69) is 20.2 Å². The molecular weight excluding hydrogens is 400 g/mol. The highest BCUT2D eigenvalue weighted by Gasteiger charge is 2.29. The third-order valence-electron chi connectivity index (χ3n) is 5.22. The van der Waals surface area contributed by atoms with E-state index in [-0.39, 0.29) is 11.8 Å². The molecule has 1 aliphatic heterocycles. The maximum Gasteiger partial charge on any atom is 0.263 e. The molecule has 1 unspecified atom stereocenters. The van der Waals surface area contributed by atoms with E-state index in [9.17, 15) is 4.79 Å². The van der Waals surface area contributed by atoms with Crippen LogP contribution in [0.25, 0.3) is 0 Å². The number of halogens is 1. The van der Waals surface area contributed by atoms with Crippen LogP contribution in [-0.2, 0) is 4.79 Å². The monoisotopic (exact) mass is 422 g/mol. The number of hydrogen-bond donors (Lipinski definition) is 1. The van der Waals surface area contributed by atoms with E-state index in [0.29, 0.717) is 29.0 Å². The zero-order valence-corrected chi connectivity index (χ0v) is 17.5. The summed E-state index contributed by atoms with van der Waals surface area (Å²) in [4.78, 5) is 23.9. The van der Waals surface area contributed by atoms with Gasteiger partial charge in [0.2, 0.25) is 5.91 Å². The molecule has 1 aromatic heterocycles. The minimum atomic E-state index is -0.163. The molecule has 0 bridgehead atoms. The number of anilines is 2. The Bertz CT molecular complexity index is 1030. The Morgan fingerprint density at radius 3 is 2.77 bits per heavy atom. The zero-order valence-electron chi connectivity index (χ0n) is 16.7. The van der Waals surface area contributed by atoms with Crippen molar-refractivity contribution in [1.82, 2.24) is 9.97 Å². The predicted molar refractivity (Wildman–Crippen MR) is 118 cm³/mol. The van der Waals surface area contributed by atoms with Crippen molar-refractivity contribution in [3.8, 4) is 11.6 Å². The van der Waals surface area contributed by atoms with Crippen molar-refractivity contribution in [3.63, 3.8) is 0 Å². The van der Waals surface area contributed by atoms with Crippen LogP contribution in [0.3, 0.4) is 0 Å². The molecule has 2 heterocycles. The Morgan fingerprint density at radius 2 is 1.93 bits per heavy atom. The molecule has 0 spiro atoms. The van der Waals surface area contributed by atoms with Gasteiger partial charge in [-0.25, -0.2) is 9.97 Å². The van der Waals surface area contributed by atoms with Crippen LogP contribution < -0.4 is 15.0 Å². The lowest BCUT2D eigenvalue weighted by Gasteiger charge is -2.33. The number of carbonyl (C=O) groups excluding carboxylic acids is 1. The molecule has 6 nitrogen and oxygen atoms in total. The van der Waals surface area contributed by atoms with Gasteiger partial charge in [0.05, 0.1) is 5.92 Å². The number of amides is 1. The highest BCUT2D eigenvalue weighted by atomic mass is 35.5. The van der Waals surface area contributed by atoms with Crippen LogP contribution in [0.15, 0.2) is 60.9 Å². The van der Waals surface area contributed by atoms with Crippen molar-refractivity contribution in [3.05, 3.63) is 71.5 Å². The number of nitrogens with zero attached hydrogens (tertiary/aromatic N) is 3. The maximum atomic E-state index is 12.9. The summed E-state index contributed by atoms with van der Waals surface area (Å²) in [6, 6.07) is 15.0. The van der Waals surface area contributed by atoms with Gasteiger partial charge in [-0.05, 0) is 49.6 Å². The lowest BCUT2D eigenvalue weighted by Crippen LogP contribution is -2.41. The molecule has 1 fully saturated rings. The van der Waals surface area contributed by atoms with Crippen LogP contribution >= 0.6 is 11.6 Å². The van der Waals surface area contributed by atoms with Gasteiger partial charge in [-0.3, -0.25) is 4.79 Å². The molecule has 1 amide bonds. The van der Waals surface area contributed by atoms with Crippen LogP contribution in [0.5, 0.6) is 11.6 Å². The molecule has 2 aromatic carbocycles. The molecule has 30 heavy (non-hydrogen) atoms. The average Bonchev–Trinajstić information content (AvgIpc) is 2.78. The molecule has 1 N–H and O–H groups in total. The lowest BCUT2D eigenvalue weighted by atomic mass is 9.97. The van der Waals surface area contributed by atoms with Crippen LogP contribution in [-0.4, -0.2) is 29.0 Å². The van der Waals surface area contributed by atoms with E-state index in [0.717, 1.165) is 30.6 Å². The number of nitrogens with one attached hydrogen (secondary N) is 1. The van der Waals surface area contributed by atoms with Crippen molar-refractivity contribution in [2.45, 2.75) is 19.8 Å². The van der Waals surface area contributed by atoms with Crippen molar-refractivity contribution >= 4 is 29.0 Å². The van der Waals surface area contributed by atoms with Crippen molar-refractivity contribution in [2.24, 2.45) is 5.92 Å². The van der Waals surface area contributed by atoms with Gasteiger partial charge in [0.1, 0.15) is 5.75 Å². The molecule has 7 heteroatoms. The van der Waals surface area contributed by atoms with E-state index in [1.165, 1.54) is 0 Å². The number of ether oxygens (including phenoxy) is 1. The molecule has 0 aliphatic carbocycles. The Labute approximate surface area is 180 Å². The molecule has 1 atom stereocenters. The molecule has 3 aromatic rings.